The smallest absolute Gasteiger partial charge is 0.463 e. The Labute approximate surface area is 523 Å². The van der Waals surface area contributed by atoms with Crippen LogP contribution in [0.2, 0.25) is 0 Å². The highest BCUT2D eigenvalue weighted by Crippen LogP contribution is 2.15. The van der Waals surface area contributed by atoms with Gasteiger partial charge in [0.2, 0.25) is 42.7 Å². The third kappa shape index (κ3) is 33.4. The summed E-state index contributed by atoms with van der Waals surface area (Å²) in [5.74, 6) is 11.9. The van der Waals surface area contributed by atoms with Gasteiger partial charge < -0.3 is 99.5 Å². The number of rotatable bonds is 18. The van der Waals surface area contributed by atoms with Crippen molar-refractivity contribution in [3.8, 4) is 73.6 Å². The van der Waals surface area contributed by atoms with Crippen molar-refractivity contribution < 1.29 is 167 Å². The summed E-state index contributed by atoms with van der Waals surface area (Å²) >= 11 is 0. The van der Waals surface area contributed by atoms with Crippen LogP contribution in [0.3, 0.4) is 0 Å². The zero-order chi connectivity index (χ0) is 69.2. The summed E-state index contributed by atoms with van der Waals surface area (Å²) in [5, 5.41) is 0. The molecule has 92 heavy (non-hydrogen) atoms. The lowest BCUT2D eigenvalue weighted by molar-refractivity contribution is -0.160. The van der Waals surface area contributed by atoms with Gasteiger partial charge in [0, 0.05) is 12.8 Å². The standard InChI is InChI=1S/2C9H10O5.C8H10O5.3C8H8O5.C7H6O5/c1-4-9(2,3)14-7(10)6-5-12-8(11)13-6;1-2-3-4-5-12-8(10)7-6-13-9(11)14-7;1-5(2)3-11-7(9)6-4-12-8(10)13-6;1-3-5(2)12-7(9)6-4-11-8(10)13-6;2*1-2-3-4-11-7(9)6-5-12-8(10)13-6;1-2-3-10-6(8)5-4-11-7(9)12-5/h1,6H,5H2,2-3H3;1,7H,3-6H2;6H,1,3-4H2,2H3;1,5-6H,4H2,2H3;6H,4-5H2,1H3;1,6H,3-5H2;1,5H,3-4H2. The molecule has 0 aromatic carbocycles. The van der Waals surface area contributed by atoms with Crippen LogP contribution in [0.5, 0.6) is 0 Å². The van der Waals surface area contributed by atoms with Gasteiger partial charge in [-0.15, -0.1) is 49.9 Å². The molecule has 0 spiro atoms. The van der Waals surface area contributed by atoms with E-state index >= 15 is 0 Å². The van der Waals surface area contributed by atoms with Gasteiger partial charge in [-0.25, -0.2) is 67.1 Å². The number of esters is 7. The van der Waals surface area contributed by atoms with E-state index in [1.807, 2.05) is 0 Å². The molecule has 0 amide bonds. The Morgan fingerprint density at radius 2 is 0.804 bits per heavy atom. The summed E-state index contributed by atoms with van der Waals surface area (Å²) < 4.78 is 95.0. The Balaban J connectivity index is 0.000000537. The van der Waals surface area contributed by atoms with E-state index in [1.165, 1.54) is 6.92 Å². The second-order valence-electron chi connectivity index (χ2n) is 17.5. The highest BCUT2D eigenvalue weighted by Gasteiger charge is 2.39. The molecule has 0 aromatic rings. The van der Waals surface area contributed by atoms with Crippen molar-refractivity contribution in [2.24, 2.45) is 0 Å². The minimum Gasteiger partial charge on any atom is -0.463 e. The maximum absolute atomic E-state index is 11.3. The second-order valence-corrected chi connectivity index (χ2v) is 17.5. The largest absolute Gasteiger partial charge is 0.509 e. The monoisotopic (exact) mass is 1300 g/mol. The number of ether oxygens (including phenoxy) is 21. The molecule has 35 heteroatoms. The molecular formula is C57H60O35. The zero-order valence-corrected chi connectivity index (χ0v) is 49.6. The van der Waals surface area contributed by atoms with Crippen molar-refractivity contribution in [3.05, 3.63) is 12.2 Å². The van der Waals surface area contributed by atoms with Crippen LogP contribution in [0, 0.1) is 73.6 Å². The molecule has 7 aliphatic rings. The molecule has 35 nitrogen and oxygen atoms in total. The van der Waals surface area contributed by atoms with Crippen molar-refractivity contribution >= 4 is 84.9 Å². The lowest BCUT2D eigenvalue weighted by Gasteiger charge is -2.19. The van der Waals surface area contributed by atoms with E-state index in [0.717, 1.165) is 5.57 Å². The fourth-order valence-electron chi connectivity index (χ4n) is 5.25. The average Bonchev–Trinajstić information content (AvgIpc) is 2.44. The fraction of sp³-hybridized carbons (Fsp3) is 0.509. The average molecular weight is 1310 g/mol. The molecule has 8 unspecified atom stereocenters. The Bertz CT molecular complexity index is 2930. The molecule has 7 heterocycles. The molecule has 0 aliphatic carbocycles. The quantitative estimate of drug-likeness (QED) is 0.0617. The molecule has 7 rings (SSSR count). The predicted molar refractivity (Wildman–Crippen MR) is 290 cm³/mol. The number of cyclic esters (lactones) is 14. The van der Waals surface area contributed by atoms with Gasteiger partial charge in [-0.3, -0.25) is 0 Å². The second kappa shape index (κ2) is 43.0. The van der Waals surface area contributed by atoms with Gasteiger partial charge in [0.1, 0.15) is 59.5 Å². The summed E-state index contributed by atoms with van der Waals surface area (Å²) in [7, 11) is 0. The van der Waals surface area contributed by atoms with Crippen molar-refractivity contribution in [2.75, 3.05) is 79.3 Å². The van der Waals surface area contributed by atoms with Crippen LogP contribution >= 0.6 is 0 Å². The maximum Gasteiger partial charge on any atom is 0.509 e. The lowest BCUT2D eigenvalue weighted by Crippen LogP contribution is -2.34. The van der Waals surface area contributed by atoms with Crippen LogP contribution < -0.4 is 0 Å². The molecule has 0 saturated carbocycles. The number of hydrogen-bond donors (Lipinski definition) is 0. The normalized spacial score (nSPS) is 20.4. The number of terminal acetylenes is 5. The molecule has 498 valence electrons. The molecule has 0 bridgehead atoms. The number of carbonyl (C=O) groups excluding carboxylic acids is 14. The van der Waals surface area contributed by atoms with Crippen molar-refractivity contribution in [1.82, 2.24) is 0 Å². The van der Waals surface area contributed by atoms with E-state index in [2.05, 4.69) is 129 Å². The number of carbonyl (C=O) groups is 14. The predicted octanol–water partition coefficient (Wildman–Crippen LogP) is 1.56. The van der Waals surface area contributed by atoms with Gasteiger partial charge >= 0.3 is 84.9 Å². The first kappa shape index (κ1) is 78.3. The Morgan fingerprint density at radius 3 is 1.11 bits per heavy atom. The molecule has 0 radical (unpaired) electrons. The van der Waals surface area contributed by atoms with Gasteiger partial charge in [0.25, 0.3) is 0 Å². The van der Waals surface area contributed by atoms with Gasteiger partial charge in [0.05, 0.1) is 6.61 Å². The van der Waals surface area contributed by atoms with E-state index in [1.54, 1.807) is 27.7 Å². The summed E-state index contributed by atoms with van der Waals surface area (Å²) in [6.07, 6.45) is 13.1. The summed E-state index contributed by atoms with van der Waals surface area (Å²) in [4.78, 5) is 150. The van der Waals surface area contributed by atoms with Crippen LogP contribution in [-0.4, -0.2) is 219 Å². The topological polar surface area (TPSA) is 433 Å². The van der Waals surface area contributed by atoms with E-state index in [0.29, 0.717) is 19.3 Å². The third-order valence-electron chi connectivity index (χ3n) is 9.63. The minimum atomic E-state index is -1.01. The van der Waals surface area contributed by atoms with E-state index < -0.39 is 139 Å². The van der Waals surface area contributed by atoms with Crippen LogP contribution in [0.25, 0.3) is 0 Å². The van der Waals surface area contributed by atoms with E-state index in [-0.39, 0.29) is 79.3 Å². The van der Waals surface area contributed by atoms with Crippen LogP contribution in [-0.2, 0) is 133 Å². The van der Waals surface area contributed by atoms with Crippen molar-refractivity contribution in [2.45, 2.75) is 108 Å². The maximum atomic E-state index is 11.3. The summed E-state index contributed by atoms with van der Waals surface area (Å²) in [6.45, 7) is 11.2. The first-order chi connectivity index (χ1) is 43.6. The fourth-order valence-corrected chi connectivity index (χ4v) is 5.25. The Hall–Kier alpha value is -11.7. The third-order valence-corrected chi connectivity index (χ3v) is 9.63. The first-order valence-electron chi connectivity index (χ1n) is 26.0. The highest BCUT2D eigenvalue weighted by atomic mass is 16.8. The van der Waals surface area contributed by atoms with Gasteiger partial charge in [-0.2, -0.15) is 0 Å². The van der Waals surface area contributed by atoms with Gasteiger partial charge in [0.15, 0.2) is 24.9 Å². The summed E-state index contributed by atoms with van der Waals surface area (Å²) in [5.41, 5.74) is -0.287. The van der Waals surface area contributed by atoms with Gasteiger partial charge in [-0.05, 0) is 46.6 Å². The number of unbranched alkanes of at least 4 members (excludes halogenated alkanes) is 1. The van der Waals surface area contributed by atoms with E-state index in [9.17, 15) is 67.1 Å². The van der Waals surface area contributed by atoms with E-state index in [4.69, 9.17) is 51.1 Å². The zero-order valence-electron chi connectivity index (χ0n) is 49.6. The van der Waals surface area contributed by atoms with Crippen LogP contribution in [0.15, 0.2) is 12.2 Å². The molecule has 0 aromatic heterocycles. The van der Waals surface area contributed by atoms with Crippen LogP contribution in [0.1, 0.15) is 53.9 Å². The minimum absolute atomic E-state index is 0.00336. The molecule has 7 fully saturated rings. The molecular weight excluding hydrogens is 1240 g/mol. The lowest BCUT2D eigenvalue weighted by atomic mass is 10.1. The van der Waals surface area contributed by atoms with Crippen molar-refractivity contribution in [1.29, 1.82) is 0 Å². The van der Waals surface area contributed by atoms with Gasteiger partial charge in [-0.1, -0.05) is 30.3 Å². The molecule has 0 N–H and O–H groups in total. The Morgan fingerprint density at radius 1 is 0.478 bits per heavy atom. The summed E-state index contributed by atoms with van der Waals surface area (Å²) in [6, 6.07) is 0. The Kier molecular flexibility index (Phi) is 36.6. The molecule has 7 saturated heterocycles. The molecule has 7 aliphatic heterocycles. The van der Waals surface area contributed by atoms with Crippen molar-refractivity contribution in [3.63, 3.8) is 0 Å². The molecule has 8 atom stereocenters. The van der Waals surface area contributed by atoms with Crippen LogP contribution in [0.4, 0.5) is 33.6 Å². The highest BCUT2D eigenvalue weighted by molar-refractivity contribution is 5.83. The number of hydrogen-bond acceptors (Lipinski definition) is 35. The first-order valence-corrected chi connectivity index (χ1v) is 26.0. The SMILES string of the molecule is C#CC(C)(C)OC(=O)C1COC(=O)O1.C#CC(C)OC(=O)C1COC(=O)O1.C#CCCCOC(=O)C1COC(=O)O1.C#CCCOC(=O)C1COC(=O)O1.C#CCOC(=O)C1COC(=O)O1.C=C(C)COC(=O)C1COC(=O)O1.CC#CCOC(=O)C1COC(=O)O1.